The van der Waals surface area contributed by atoms with Crippen LogP contribution < -0.4 is 4.90 Å². The van der Waals surface area contributed by atoms with Gasteiger partial charge in [0.25, 0.3) is 0 Å². The Bertz CT molecular complexity index is 3800. The Hall–Kier alpha value is -8.14. The van der Waals surface area contributed by atoms with Gasteiger partial charge in [-0.3, -0.25) is 0 Å². The second-order valence-corrected chi connectivity index (χ2v) is 17.7. The molecule has 0 aliphatic heterocycles. The molecule has 64 heavy (non-hydrogen) atoms. The van der Waals surface area contributed by atoms with E-state index in [1.807, 2.05) is 0 Å². The summed E-state index contributed by atoms with van der Waals surface area (Å²) < 4.78 is 9.27. The van der Waals surface area contributed by atoms with Gasteiger partial charge in [-0.25, -0.2) is 0 Å². The lowest BCUT2D eigenvalue weighted by molar-refractivity contribution is 0.660. The standard InChI is InChI=1S/C61H42N2O/c1-61(2)54-21-11-8-18-48(54)49-35-34-47(37-55(49)61)62(44-29-24-41(25-30-44)39-14-4-3-5-15-39)45-31-27-42(28-32-45)52-38-53-50-19-10-13-23-57(50)64-60(53)59-58(52)51-20-9-12-22-56(51)63(59)46-33-26-40-16-6-7-17-43(40)36-46/h3-38H,1-2H3. The summed E-state index contributed by atoms with van der Waals surface area (Å²) in [4.78, 5) is 2.41. The van der Waals surface area contributed by atoms with Gasteiger partial charge in [-0.05, 0) is 122 Å². The molecule has 0 saturated carbocycles. The molecule has 0 radical (unpaired) electrons. The van der Waals surface area contributed by atoms with Crippen molar-refractivity contribution in [1.82, 2.24) is 4.57 Å². The van der Waals surface area contributed by atoms with Crippen molar-refractivity contribution in [3.05, 3.63) is 230 Å². The number of rotatable bonds is 6. The number of hydrogen-bond donors (Lipinski definition) is 0. The van der Waals surface area contributed by atoms with E-state index in [2.05, 4.69) is 242 Å². The Morgan fingerprint density at radius 3 is 1.86 bits per heavy atom. The zero-order valence-corrected chi connectivity index (χ0v) is 35.6. The zero-order valence-electron chi connectivity index (χ0n) is 35.6. The molecule has 1 aliphatic rings. The quantitative estimate of drug-likeness (QED) is 0.167. The third-order valence-electron chi connectivity index (χ3n) is 13.8. The second kappa shape index (κ2) is 13.9. The number of furan rings is 1. The topological polar surface area (TPSA) is 21.3 Å². The maximum atomic E-state index is 6.86. The Morgan fingerprint density at radius 1 is 0.422 bits per heavy atom. The number of anilines is 3. The van der Waals surface area contributed by atoms with Gasteiger partial charge < -0.3 is 13.9 Å². The van der Waals surface area contributed by atoms with E-state index in [0.717, 1.165) is 61.3 Å². The molecule has 0 spiro atoms. The molecule has 302 valence electrons. The van der Waals surface area contributed by atoms with Crippen molar-refractivity contribution in [2.24, 2.45) is 0 Å². The smallest absolute Gasteiger partial charge is 0.160 e. The van der Waals surface area contributed by atoms with Gasteiger partial charge in [-0.2, -0.15) is 0 Å². The van der Waals surface area contributed by atoms with Gasteiger partial charge in [-0.1, -0.05) is 166 Å². The second-order valence-electron chi connectivity index (χ2n) is 17.7. The number of benzene rings is 10. The van der Waals surface area contributed by atoms with Crippen LogP contribution in [-0.4, -0.2) is 4.57 Å². The fraction of sp³-hybridized carbons (Fsp3) is 0.0492. The molecule has 3 nitrogen and oxygen atoms in total. The molecule has 0 saturated heterocycles. The van der Waals surface area contributed by atoms with Gasteiger partial charge in [0.15, 0.2) is 5.58 Å². The number of fused-ring (bicyclic) bond motifs is 11. The normalized spacial score (nSPS) is 13.0. The molecular weight excluding hydrogens is 777 g/mol. The van der Waals surface area contributed by atoms with E-state index in [1.54, 1.807) is 0 Å². The van der Waals surface area contributed by atoms with Crippen molar-refractivity contribution < 1.29 is 4.42 Å². The maximum absolute atomic E-state index is 6.86. The van der Waals surface area contributed by atoms with Gasteiger partial charge in [0, 0.05) is 49.7 Å². The SMILES string of the molecule is CC1(C)c2ccccc2-c2ccc(N(c3ccc(-c4ccccc4)cc3)c3ccc(-c4cc5c6ccccc6oc5c5c4c4ccccc4n5-c4ccc5ccccc5c4)cc3)cc21. The minimum atomic E-state index is -0.123. The number of aromatic nitrogens is 1. The zero-order chi connectivity index (χ0) is 42.5. The van der Waals surface area contributed by atoms with Gasteiger partial charge in [0.1, 0.15) is 5.58 Å². The van der Waals surface area contributed by atoms with Crippen LogP contribution in [0.25, 0.3) is 93.6 Å². The molecule has 0 fully saturated rings. The molecule has 12 aromatic rings. The highest BCUT2D eigenvalue weighted by molar-refractivity contribution is 6.26. The Morgan fingerprint density at radius 2 is 1.05 bits per heavy atom. The molecule has 10 aromatic carbocycles. The lowest BCUT2D eigenvalue weighted by Crippen LogP contribution is -2.16. The van der Waals surface area contributed by atoms with Crippen LogP contribution in [0.4, 0.5) is 17.1 Å². The Balaban J connectivity index is 1.01. The van der Waals surface area contributed by atoms with E-state index in [4.69, 9.17) is 4.42 Å². The van der Waals surface area contributed by atoms with Gasteiger partial charge in [0.2, 0.25) is 0 Å². The molecule has 1 aliphatic carbocycles. The molecule has 0 atom stereocenters. The monoisotopic (exact) mass is 818 g/mol. The van der Waals surface area contributed by atoms with Crippen molar-refractivity contribution in [3.8, 4) is 39.1 Å². The van der Waals surface area contributed by atoms with Gasteiger partial charge in [-0.15, -0.1) is 0 Å². The molecule has 2 heterocycles. The maximum Gasteiger partial charge on any atom is 0.160 e. The summed E-state index contributed by atoms with van der Waals surface area (Å²) in [6.45, 7) is 4.71. The third-order valence-corrected chi connectivity index (χ3v) is 13.8. The molecule has 0 N–H and O–H groups in total. The fourth-order valence-corrected chi connectivity index (χ4v) is 10.6. The first kappa shape index (κ1) is 36.5. The Labute approximate surface area is 371 Å². The summed E-state index contributed by atoms with van der Waals surface area (Å²) in [6, 6.07) is 79.6. The van der Waals surface area contributed by atoms with Crippen molar-refractivity contribution >= 4 is 71.6 Å². The highest BCUT2D eigenvalue weighted by atomic mass is 16.3. The number of para-hydroxylation sites is 2. The summed E-state index contributed by atoms with van der Waals surface area (Å²) >= 11 is 0. The minimum Gasteiger partial charge on any atom is -0.454 e. The summed E-state index contributed by atoms with van der Waals surface area (Å²) in [5.74, 6) is 0. The van der Waals surface area contributed by atoms with Crippen LogP contribution >= 0.6 is 0 Å². The highest BCUT2D eigenvalue weighted by Gasteiger charge is 2.36. The first-order valence-electron chi connectivity index (χ1n) is 22.2. The average molecular weight is 819 g/mol. The predicted molar refractivity (Wildman–Crippen MR) is 269 cm³/mol. The van der Waals surface area contributed by atoms with Crippen LogP contribution in [0.2, 0.25) is 0 Å². The van der Waals surface area contributed by atoms with E-state index in [9.17, 15) is 0 Å². The van der Waals surface area contributed by atoms with Crippen LogP contribution in [0.1, 0.15) is 25.0 Å². The van der Waals surface area contributed by atoms with Crippen LogP contribution in [0, 0.1) is 0 Å². The Kier molecular flexibility index (Phi) is 7.95. The van der Waals surface area contributed by atoms with E-state index >= 15 is 0 Å². The largest absolute Gasteiger partial charge is 0.454 e. The van der Waals surface area contributed by atoms with Gasteiger partial charge in [0.05, 0.1) is 11.0 Å². The van der Waals surface area contributed by atoms with Crippen molar-refractivity contribution in [3.63, 3.8) is 0 Å². The first-order chi connectivity index (χ1) is 31.5. The summed E-state index contributed by atoms with van der Waals surface area (Å²) in [5, 5.41) is 7.00. The number of nitrogens with zero attached hydrogens (tertiary/aromatic N) is 2. The minimum absolute atomic E-state index is 0.123. The van der Waals surface area contributed by atoms with E-state index in [0.29, 0.717) is 0 Å². The third kappa shape index (κ3) is 5.47. The predicted octanol–water partition coefficient (Wildman–Crippen LogP) is 16.9. The van der Waals surface area contributed by atoms with Crippen molar-refractivity contribution in [1.29, 1.82) is 0 Å². The fourth-order valence-electron chi connectivity index (χ4n) is 10.6. The molecule has 3 heteroatoms. The molecule has 13 rings (SSSR count). The lowest BCUT2D eigenvalue weighted by atomic mass is 9.82. The van der Waals surface area contributed by atoms with Crippen LogP contribution in [-0.2, 0) is 5.41 Å². The summed E-state index contributed by atoms with van der Waals surface area (Å²) in [7, 11) is 0. The molecule has 0 bridgehead atoms. The van der Waals surface area contributed by atoms with Crippen LogP contribution in [0.3, 0.4) is 0 Å². The lowest BCUT2D eigenvalue weighted by Gasteiger charge is -2.28. The molecule has 2 aromatic heterocycles. The summed E-state index contributed by atoms with van der Waals surface area (Å²) in [6.07, 6.45) is 0. The van der Waals surface area contributed by atoms with E-state index in [-0.39, 0.29) is 5.41 Å². The van der Waals surface area contributed by atoms with E-state index in [1.165, 1.54) is 60.5 Å². The van der Waals surface area contributed by atoms with E-state index < -0.39 is 0 Å². The van der Waals surface area contributed by atoms with Crippen LogP contribution in [0.15, 0.2) is 223 Å². The van der Waals surface area contributed by atoms with Crippen molar-refractivity contribution in [2.45, 2.75) is 19.3 Å². The summed E-state index contributed by atoms with van der Waals surface area (Å²) in [5.41, 5.74) is 18.4. The van der Waals surface area contributed by atoms with Crippen molar-refractivity contribution in [2.75, 3.05) is 4.90 Å². The van der Waals surface area contributed by atoms with Gasteiger partial charge >= 0.3 is 0 Å². The first-order valence-corrected chi connectivity index (χ1v) is 22.2. The molecular formula is C61H42N2O. The van der Waals surface area contributed by atoms with Crippen LogP contribution in [0.5, 0.6) is 0 Å². The number of hydrogen-bond acceptors (Lipinski definition) is 2. The average Bonchev–Trinajstić information content (AvgIpc) is 3.98. The molecule has 0 amide bonds. The highest BCUT2D eigenvalue weighted by Crippen LogP contribution is 2.51. The molecule has 0 unspecified atom stereocenters.